The summed E-state index contributed by atoms with van der Waals surface area (Å²) in [4.78, 5) is 4.51. The molecule has 1 fully saturated rings. The fourth-order valence-electron chi connectivity index (χ4n) is 1.93. The topological polar surface area (TPSA) is 45.7 Å². The Morgan fingerprint density at radius 3 is 2.94 bits per heavy atom. The minimum absolute atomic E-state index is 0.244. The average molecular weight is 245 g/mol. The summed E-state index contributed by atoms with van der Waals surface area (Å²) in [6.45, 7) is 6.53. The van der Waals surface area contributed by atoms with Gasteiger partial charge in [-0.15, -0.1) is 6.58 Å². The van der Waals surface area contributed by atoms with Crippen molar-refractivity contribution in [2.75, 3.05) is 7.11 Å². The van der Waals surface area contributed by atoms with Gasteiger partial charge in [-0.1, -0.05) is 18.2 Å². The summed E-state index contributed by atoms with van der Waals surface area (Å²) in [6, 6.07) is 8.50. The van der Waals surface area contributed by atoms with Gasteiger partial charge in [-0.05, 0) is 24.6 Å². The number of guanidine groups is 1. The van der Waals surface area contributed by atoms with Crippen LogP contribution in [0.2, 0.25) is 0 Å². The van der Waals surface area contributed by atoms with Crippen LogP contribution in [0, 0.1) is 0 Å². The molecule has 2 N–H and O–H groups in total. The molecular formula is C14H19N3O. The van der Waals surface area contributed by atoms with E-state index in [0.717, 1.165) is 17.3 Å². The van der Waals surface area contributed by atoms with E-state index in [0.29, 0.717) is 12.6 Å². The highest BCUT2D eigenvalue weighted by Gasteiger charge is 2.23. The molecule has 1 aliphatic rings. The molecule has 2 rings (SSSR count). The van der Waals surface area contributed by atoms with Crippen molar-refractivity contribution < 1.29 is 4.74 Å². The Bertz CT molecular complexity index is 456. The van der Waals surface area contributed by atoms with E-state index in [9.17, 15) is 0 Å². The fraction of sp³-hybridized carbons (Fsp3) is 0.357. The first-order valence-corrected chi connectivity index (χ1v) is 6.06. The first kappa shape index (κ1) is 12.5. The maximum atomic E-state index is 5.19. The van der Waals surface area contributed by atoms with E-state index in [1.54, 1.807) is 7.11 Å². The molecule has 0 aromatic heterocycles. The van der Waals surface area contributed by atoms with Crippen LogP contribution in [0.15, 0.2) is 41.9 Å². The minimum atomic E-state index is 0.244. The van der Waals surface area contributed by atoms with Crippen LogP contribution in [0.3, 0.4) is 0 Å². The van der Waals surface area contributed by atoms with Gasteiger partial charge < -0.3 is 15.4 Å². The van der Waals surface area contributed by atoms with Gasteiger partial charge in [-0.3, -0.25) is 0 Å². The molecule has 1 aromatic rings. The van der Waals surface area contributed by atoms with Crippen molar-refractivity contribution >= 4 is 5.96 Å². The van der Waals surface area contributed by atoms with Crippen LogP contribution < -0.4 is 15.4 Å². The van der Waals surface area contributed by atoms with Crippen molar-refractivity contribution in [2.24, 2.45) is 4.99 Å². The van der Waals surface area contributed by atoms with E-state index in [-0.39, 0.29) is 6.04 Å². The number of nitrogens with one attached hydrogen (secondary N) is 2. The standard InChI is InChI=1S/C14H19N3O/c1-4-13-10(2)16-14(17-13)15-9-11-6-5-7-12(8-11)18-3/h4-8,10,13H,1,9H2,2-3H3,(H2,15,16,17)/t10-,13+/m1/s1. The van der Waals surface area contributed by atoms with Crippen molar-refractivity contribution in [2.45, 2.75) is 25.6 Å². The lowest BCUT2D eigenvalue weighted by Gasteiger charge is -2.06. The second-order valence-corrected chi connectivity index (χ2v) is 4.36. The molecule has 1 heterocycles. The number of nitrogens with zero attached hydrogens (tertiary/aromatic N) is 1. The number of methoxy groups -OCH3 is 1. The molecule has 1 aromatic carbocycles. The van der Waals surface area contributed by atoms with Crippen molar-refractivity contribution in [3.8, 4) is 5.75 Å². The van der Waals surface area contributed by atoms with Gasteiger partial charge >= 0.3 is 0 Å². The van der Waals surface area contributed by atoms with E-state index in [1.807, 2.05) is 30.3 Å². The summed E-state index contributed by atoms with van der Waals surface area (Å²) < 4.78 is 5.19. The molecule has 96 valence electrons. The Morgan fingerprint density at radius 2 is 2.28 bits per heavy atom. The summed E-state index contributed by atoms with van der Waals surface area (Å²) in [7, 11) is 1.67. The highest BCUT2D eigenvalue weighted by Crippen LogP contribution is 2.13. The molecule has 18 heavy (non-hydrogen) atoms. The molecule has 1 saturated heterocycles. The summed E-state index contributed by atoms with van der Waals surface area (Å²) in [6.07, 6.45) is 1.89. The quantitative estimate of drug-likeness (QED) is 0.793. The third-order valence-electron chi connectivity index (χ3n) is 3.01. The van der Waals surface area contributed by atoms with E-state index >= 15 is 0 Å². The number of benzene rings is 1. The largest absolute Gasteiger partial charge is 0.497 e. The highest BCUT2D eigenvalue weighted by atomic mass is 16.5. The predicted molar refractivity (Wildman–Crippen MR) is 73.9 cm³/mol. The maximum Gasteiger partial charge on any atom is 0.192 e. The lowest BCUT2D eigenvalue weighted by Crippen LogP contribution is -2.28. The monoisotopic (exact) mass is 245 g/mol. The van der Waals surface area contributed by atoms with E-state index in [2.05, 4.69) is 29.1 Å². The number of hydrogen-bond donors (Lipinski definition) is 2. The molecule has 1 aliphatic heterocycles. The van der Waals surface area contributed by atoms with Gasteiger partial charge in [0.1, 0.15) is 5.75 Å². The van der Waals surface area contributed by atoms with Crippen LogP contribution in [0.5, 0.6) is 5.75 Å². The predicted octanol–water partition coefficient (Wildman–Crippen LogP) is 1.69. The van der Waals surface area contributed by atoms with Crippen LogP contribution >= 0.6 is 0 Å². The molecule has 4 heteroatoms. The lowest BCUT2D eigenvalue weighted by atomic mass is 10.2. The van der Waals surface area contributed by atoms with Gasteiger partial charge in [0.05, 0.1) is 19.7 Å². The van der Waals surface area contributed by atoms with Gasteiger partial charge in [0.25, 0.3) is 0 Å². The van der Waals surface area contributed by atoms with Crippen molar-refractivity contribution in [3.05, 3.63) is 42.5 Å². The van der Waals surface area contributed by atoms with Crippen LogP contribution in [0.25, 0.3) is 0 Å². The SMILES string of the molecule is C=C[C@@H]1NC(=NCc2cccc(OC)c2)N[C@@H]1C. The normalized spacial score (nSPS) is 24.4. The zero-order valence-electron chi connectivity index (χ0n) is 10.8. The van der Waals surface area contributed by atoms with E-state index < -0.39 is 0 Å². The summed E-state index contributed by atoms with van der Waals surface area (Å²) >= 11 is 0. The molecule has 0 amide bonds. The van der Waals surface area contributed by atoms with Crippen LogP contribution in [0.1, 0.15) is 12.5 Å². The van der Waals surface area contributed by atoms with Gasteiger partial charge in [-0.25, -0.2) is 4.99 Å². The Balaban J connectivity index is 2.00. The minimum Gasteiger partial charge on any atom is -0.497 e. The molecule has 2 atom stereocenters. The Kier molecular flexibility index (Phi) is 3.87. The highest BCUT2D eigenvalue weighted by molar-refractivity contribution is 5.83. The smallest absolute Gasteiger partial charge is 0.192 e. The molecular weight excluding hydrogens is 226 g/mol. The third kappa shape index (κ3) is 2.83. The van der Waals surface area contributed by atoms with E-state index in [4.69, 9.17) is 4.74 Å². The second kappa shape index (κ2) is 5.58. The van der Waals surface area contributed by atoms with Gasteiger partial charge in [0.15, 0.2) is 5.96 Å². The Morgan fingerprint density at radius 1 is 1.44 bits per heavy atom. The average Bonchev–Trinajstić information content (AvgIpc) is 2.77. The second-order valence-electron chi connectivity index (χ2n) is 4.36. The number of hydrogen-bond acceptors (Lipinski definition) is 2. The van der Waals surface area contributed by atoms with E-state index in [1.165, 1.54) is 0 Å². The van der Waals surface area contributed by atoms with Gasteiger partial charge in [0.2, 0.25) is 0 Å². The first-order valence-electron chi connectivity index (χ1n) is 6.06. The Labute approximate surface area is 108 Å². The fourth-order valence-corrected chi connectivity index (χ4v) is 1.93. The molecule has 4 nitrogen and oxygen atoms in total. The maximum absolute atomic E-state index is 5.19. The molecule has 0 aliphatic carbocycles. The van der Waals surface area contributed by atoms with Gasteiger partial charge in [-0.2, -0.15) is 0 Å². The molecule has 0 unspecified atom stereocenters. The van der Waals surface area contributed by atoms with Crippen molar-refractivity contribution in [3.63, 3.8) is 0 Å². The zero-order chi connectivity index (χ0) is 13.0. The third-order valence-corrected chi connectivity index (χ3v) is 3.01. The lowest BCUT2D eigenvalue weighted by molar-refractivity contribution is 0.414. The van der Waals surface area contributed by atoms with Crippen molar-refractivity contribution in [1.82, 2.24) is 10.6 Å². The molecule has 0 saturated carbocycles. The van der Waals surface area contributed by atoms with Crippen LogP contribution in [0.4, 0.5) is 0 Å². The van der Waals surface area contributed by atoms with Crippen molar-refractivity contribution in [1.29, 1.82) is 0 Å². The summed E-state index contributed by atoms with van der Waals surface area (Å²) in [5, 5.41) is 6.57. The zero-order valence-corrected chi connectivity index (χ0v) is 10.8. The summed E-state index contributed by atoms with van der Waals surface area (Å²) in [5.74, 6) is 1.69. The number of aliphatic imine (C=N–C) groups is 1. The number of ether oxygens (including phenoxy) is 1. The molecule has 0 bridgehead atoms. The molecule has 0 radical (unpaired) electrons. The first-order chi connectivity index (χ1) is 8.72. The van der Waals surface area contributed by atoms with Crippen LogP contribution in [-0.2, 0) is 6.54 Å². The Hall–Kier alpha value is -1.97. The summed E-state index contributed by atoms with van der Waals surface area (Å²) in [5.41, 5.74) is 1.13. The van der Waals surface area contributed by atoms with Crippen LogP contribution in [-0.4, -0.2) is 25.2 Å². The number of rotatable bonds is 4. The van der Waals surface area contributed by atoms with Gasteiger partial charge in [0, 0.05) is 6.04 Å². The molecule has 0 spiro atoms.